The number of nitrogens with two attached hydrogens (primary N) is 1. The number of primary amides is 1. The smallest absolute Gasteiger partial charge is 0.234 e. The molecule has 0 aliphatic rings. The summed E-state index contributed by atoms with van der Waals surface area (Å²) in [6.45, 7) is 3.01. The number of hydrogen-bond acceptors (Lipinski definition) is 4. The number of hydrogen-bond donors (Lipinski definition) is 2. The van der Waals surface area contributed by atoms with Crippen molar-refractivity contribution in [1.82, 2.24) is 5.32 Å². The van der Waals surface area contributed by atoms with Gasteiger partial charge in [0, 0.05) is 6.42 Å². The van der Waals surface area contributed by atoms with E-state index in [0.717, 1.165) is 11.5 Å². The van der Waals surface area contributed by atoms with Crippen molar-refractivity contribution < 1.29 is 14.3 Å². The lowest BCUT2D eigenvalue weighted by Crippen LogP contribution is -2.40. The first kappa shape index (κ1) is 14.3. The average Bonchev–Trinajstić information content (AvgIpc) is 2.36. The zero-order valence-corrected chi connectivity index (χ0v) is 10.8. The first-order chi connectivity index (χ1) is 8.67. The Balaban J connectivity index is 2.37. The molecule has 0 bridgehead atoms. The van der Waals surface area contributed by atoms with Crippen molar-refractivity contribution >= 4 is 5.91 Å². The highest BCUT2D eigenvalue weighted by Crippen LogP contribution is 2.17. The van der Waals surface area contributed by atoms with Gasteiger partial charge in [-0.3, -0.25) is 4.79 Å². The van der Waals surface area contributed by atoms with E-state index in [2.05, 4.69) is 5.32 Å². The summed E-state index contributed by atoms with van der Waals surface area (Å²) >= 11 is 0. The van der Waals surface area contributed by atoms with E-state index in [0.29, 0.717) is 19.6 Å². The van der Waals surface area contributed by atoms with Crippen molar-refractivity contribution in [1.29, 1.82) is 0 Å². The molecule has 0 heterocycles. The third-order valence-electron chi connectivity index (χ3n) is 2.50. The molecule has 0 aliphatic carbocycles. The molecule has 0 fully saturated rings. The van der Waals surface area contributed by atoms with E-state index in [1.807, 2.05) is 31.2 Å². The summed E-state index contributed by atoms with van der Waals surface area (Å²) in [5.41, 5.74) is 5.21. The minimum atomic E-state index is -0.368. The molecule has 1 aromatic carbocycles. The number of rotatable bonds is 8. The summed E-state index contributed by atoms with van der Waals surface area (Å²) in [7, 11) is 1.70. The van der Waals surface area contributed by atoms with Gasteiger partial charge in [-0.15, -0.1) is 0 Å². The number of carbonyl (C=O) groups excluding carboxylic acids is 1. The molecule has 1 aromatic rings. The highest BCUT2D eigenvalue weighted by Gasteiger charge is 2.11. The van der Waals surface area contributed by atoms with Gasteiger partial charge >= 0.3 is 0 Å². The maximum atomic E-state index is 11.0. The second-order valence-electron chi connectivity index (χ2n) is 3.79. The molecule has 0 aliphatic heterocycles. The fraction of sp³-hybridized carbons (Fsp3) is 0.462. The predicted octanol–water partition coefficient (Wildman–Crippen LogP) is 0.927. The molecular formula is C13H20N2O3. The van der Waals surface area contributed by atoms with Crippen LogP contribution < -0.4 is 20.5 Å². The topological polar surface area (TPSA) is 73.6 Å². The van der Waals surface area contributed by atoms with E-state index in [-0.39, 0.29) is 11.9 Å². The van der Waals surface area contributed by atoms with Gasteiger partial charge in [0.2, 0.25) is 5.91 Å². The molecule has 100 valence electrons. The van der Waals surface area contributed by atoms with E-state index >= 15 is 0 Å². The van der Waals surface area contributed by atoms with Gasteiger partial charge < -0.3 is 20.5 Å². The van der Waals surface area contributed by atoms with Crippen LogP contribution in [0.3, 0.4) is 0 Å². The fourth-order valence-electron chi connectivity index (χ4n) is 1.52. The lowest BCUT2D eigenvalue weighted by atomic mass is 10.2. The number of nitrogens with one attached hydrogen (secondary N) is 1. The van der Waals surface area contributed by atoms with Crippen molar-refractivity contribution in [3.8, 4) is 11.5 Å². The van der Waals surface area contributed by atoms with Gasteiger partial charge in [0.15, 0.2) is 0 Å². The van der Waals surface area contributed by atoms with Crippen LogP contribution >= 0.6 is 0 Å². The number of amides is 1. The van der Waals surface area contributed by atoms with Crippen LogP contribution in [-0.2, 0) is 4.79 Å². The number of ether oxygens (including phenoxy) is 2. The second-order valence-corrected chi connectivity index (χ2v) is 3.79. The van der Waals surface area contributed by atoms with Crippen LogP contribution in [0, 0.1) is 0 Å². The van der Waals surface area contributed by atoms with Crippen molar-refractivity contribution in [3.05, 3.63) is 24.3 Å². The van der Waals surface area contributed by atoms with Gasteiger partial charge in [0.1, 0.15) is 11.5 Å². The first-order valence-corrected chi connectivity index (χ1v) is 5.99. The summed E-state index contributed by atoms with van der Waals surface area (Å²) < 4.78 is 10.8. The zero-order valence-electron chi connectivity index (χ0n) is 10.8. The molecule has 1 rings (SSSR count). The van der Waals surface area contributed by atoms with Gasteiger partial charge in [-0.05, 0) is 38.2 Å². The number of likely N-dealkylation sites (N-methyl/N-ethyl adjacent to an activating group) is 1. The fourth-order valence-corrected chi connectivity index (χ4v) is 1.52. The van der Waals surface area contributed by atoms with Gasteiger partial charge in [-0.2, -0.15) is 0 Å². The number of benzene rings is 1. The lowest BCUT2D eigenvalue weighted by molar-refractivity contribution is -0.120. The summed E-state index contributed by atoms with van der Waals surface area (Å²) in [4.78, 5) is 11.0. The van der Waals surface area contributed by atoms with Crippen molar-refractivity contribution in [2.24, 2.45) is 5.73 Å². The highest BCUT2D eigenvalue weighted by atomic mass is 16.5. The minimum Gasteiger partial charge on any atom is -0.494 e. The van der Waals surface area contributed by atoms with E-state index in [1.165, 1.54) is 0 Å². The predicted molar refractivity (Wildman–Crippen MR) is 69.8 cm³/mol. The largest absolute Gasteiger partial charge is 0.494 e. The van der Waals surface area contributed by atoms with Crippen LogP contribution in [0.25, 0.3) is 0 Å². The Morgan fingerprint density at radius 2 is 1.83 bits per heavy atom. The second kappa shape index (κ2) is 7.55. The van der Waals surface area contributed by atoms with Crippen molar-refractivity contribution in [3.63, 3.8) is 0 Å². The molecule has 1 atom stereocenters. The summed E-state index contributed by atoms with van der Waals surface area (Å²) in [5, 5.41) is 2.84. The highest BCUT2D eigenvalue weighted by molar-refractivity contribution is 5.79. The molecule has 1 amide bonds. The van der Waals surface area contributed by atoms with E-state index in [1.54, 1.807) is 7.05 Å². The molecule has 5 nitrogen and oxygen atoms in total. The Morgan fingerprint density at radius 1 is 1.28 bits per heavy atom. The summed E-state index contributed by atoms with van der Waals surface area (Å²) in [6, 6.07) is 7.02. The lowest BCUT2D eigenvalue weighted by Gasteiger charge is -2.13. The van der Waals surface area contributed by atoms with E-state index < -0.39 is 0 Å². The van der Waals surface area contributed by atoms with Gasteiger partial charge in [-0.1, -0.05) is 0 Å². The molecule has 5 heteroatoms. The Hall–Kier alpha value is -1.75. The van der Waals surface area contributed by atoms with Gasteiger partial charge in [0.05, 0.1) is 19.3 Å². The molecule has 1 unspecified atom stereocenters. The molecule has 0 saturated carbocycles. The standard InChI is InChI=1S/C13H20N2O3/c1-3-17-10-4-6-11(7-5-10)18-9-8-12(15-2)13(14)16/h4-7,12,15H,3,8-9H2,1-2H3,(H2,14,16). The molecule has 0 saturated heterocycles. The molecule has 0 aromatic heterocycles. The Kier molecular flexibility index (Phi) is 6.00. The minimum absolute atomic E-state index is 0.354. The molecule has 0 spiro atoms. The van der Waals surface area contributed by atoms with Gasteiger partial charge in [-0.25, -0.2) is 0 Å². The zero-order chi connectivity index (χ0) is 13.4. The third kappa shape index (κ3) is 4.63. The average molecular weight is 252 g/mol. The Morgan fingerprint density at radius 3 is 2.28 bits per heavy atom. The van der Waals surface area contributed by atoms with Crippen LogP contribution in [-0.4, -0.2) is 32.2 Å². The SMILES string of the molecule is CCOc1ccc(OCCC(NC)C(N)=O)cc1. The van der Waals surface area contributed by atoms with Crippen molar-refractivity contribution in [2.45, 2.75) is 19.4 Å². The quantitative estimate of drug-likeness (QED) is 0.721. The Labute approximate surface area is 107 Å². The Bertz CT molecular complexity index is 365. The van der Waals surface area contributed by atoms with Gasteiger partial charge in [0.25, 0.3) is 0 Å². The number of carbonyl (C=O) groups is 1. The van der Waals surface area contributed by atoms with Crippen LogP contribution in [0.2, 0.25) is 0 Å². The van der Waals surface area contributed by atoms with Crippen LogP contribution in [0.4, 0.5) is 0 Å². The van der Waals surface area contributed by atoms with Crippen LogP contribution in [0.15, 0.2) is 24.3 Å². The first-order valence-electron chi connectivity index (χ1n) is 5.99. The summed E-state index contributed by atoms with van der Waals surface area (Å²) in [5.74, 6) is 1.20. The molecular weight excluding hydrogens is 232 g/mol. The van der Waals surface area contributed by atoms with E-state index in [9.17, 15) is 4.79 Å². The normalized spacial score (nSPS) is 11.9. The van der Waals surface area contributed by atoms with E-state index in [4.69, 9.17) is 15.2 Å². The molecule has 3 N–H and O–H groups in total. The van der Waals surface area contributed by atoms with Crippen LogP contribution in [0.5, 0.6) is 11.5 Å². The van der Waals surface area contributed by atoms with Crippen molar-refractivity contribution in [2.75, 3.05) is 20.3 Å². The van der Waals surface area contributed by atoms with Crippen LogP contribution in [0.1, 0.15) is 13.3 Å². The monoisotopic (exact) mass is 252 g/mol. The summed E-state index contributed by atoms with van der Waals surface area (Å²) in [6.07, 6.45) is 0.541. The maximum Gasteiger partial charge on any atom is 0.234 e. The third-order valence-corrected chi connectivity index (χ3v) is 2.50. The molecule has 0 radical (unpaired) electrons. The molecule has 18 heavy (non-hydrogen) atoms. The maximum absolute atomic E-state index is 11.0.